The molecule has 0 amide bonds. The largest absolute Gasteiger partial charge is 0.417 e. The van der Waals surface area contributed by atoms with Gasteiger partial charge in [-0.2, -0.15) is 18.2 Å². The summed E-state index contributed by atoms with van der Waals surface area (Å²) >= 11 is 0. The summed E-state index contributed by atoms with van der Waals surface area (Å²) < 4.78 is 69.0. The Kier molecular flexibility index (Phi) is 5.11. The van der Waals surface area contributed by atoms with E-state index < -0.39 is 21.8 Å². The van der Waals surface area contributed by atoms with Crippen LogP contribution >= 0.6 is 0 Å². The van der Waals surface area contributed by atoms with Crippen molar-refractivity contribution >= 4 is 10.0 Å². The highest BCUT2D eigenvalue weighted by Crippen LogP contribution is 2.39. The molecule has 31 heavy (non-hydrogen) atoms. The molecule has 0 spiro atoms. The fourth-order valence-electron chi connectivity index (χ4n) is 3.03. The smallest absolute Gasteiger partial charge is 0.334 e. The molecule has 1 aromatic heterocycles. The number of sulfonamides is 1. The second-order valence-corrected chi connectivity index (χ2v) is 8.18. The highest BCUT2D eigenvalue weighted by atomic mass is 32.2. The zero-order chi connectivity index (χ0) is 22.2. The number of hydrogen-bond donors (Lipinski definition) is 1. The van der Waals surface area contributed by atoms with Crippen LogP contribution in [0.15, 0.2) is 82.2 Å². The highest BCUT2D eigenvalue weighted by molar-refractivity contribution is 7.89. The van der Waals surface area contributed by atoms with Crippen LogP contribution in [0.4, 0.5) is 13.2 Å². The molecule has 6 nitrogen and oxygen atoms in total. The lowest BCUT2D eigenvalue weighted by molar-refractivity contribution is -0.137. The minimum Gasteiger partial charge on any atom is -0.334 e. The highest BCUT2D eigenvalue weighted by Gasteiger charge is 2.34. The van der Waals surface area contributed by atoms with Gasteiger partial charge in [0.05, 0.1) is 10.5 Å². The van der Waals surface area contributed by atoms with Crippen molar-refractivity contribution in [2.24, 2.45) is 5.14 Å². The lowest BCUT2D eigenvalue weighted by Crippen LogP contribution is -2.11. The molecule has 0 unspecified atom stereocenters. The zero-order valence-corrected chi connectivity index (χ0v) is 16.5. The second kappa shape index (κ2) is 7.64. The standard InChI is InChI=1S/C21H14F3N3O3S/c22-21(23,24)18-12-15(8-11-17(18)13-4-2-1-3-5-13)19-26-20(30-27-19)14-6-9-16(10-7-14)31(25,28)29/h1-12H,(H2,25,28,29). The van der Waals surface area contributed by atoms with E-state index in [0.717, 1.165) is 6.07 Å². The quantitative estimate of drug-likeness (QED) is 0.489. The molecule has 0 fully saturated rings. The molecule has 158 valence electrons. The fraction of sp³-hybridized carbons (Fsp3) is 0.0476. The van der Waals surface area contributed by atoms with Crippen LogP contribution in [0.5, 0.6) is 0 Å². The molecule has 0 aliphatic heterocycles. The first-order chi connectivity index (χ1) is 14.6. The molecule has 0 saturated carbocycles. The van der Waals surface area contributed by atoms with Gasteiger partial charge in [-0.15, -0.1) is 0 Å². The molecule has 2 N–H and O–H groups in total. The summed E-state index contributed by atoms with van der Waals surface area (Å²) in [6.45, 7) is 0. The Morgan fingerprint density at radius 2 is 1.48 bits per heavy atom. The Morgan fingerprint density at radius 3 is 2.10 bits per heavy atom. The van der Waals surface area contributed by atoms with E-state index in [0.29, 0.717) is 11.1 Å². The summed E-state index contributed by atoms with van der Waals surface area (Å²) in [4.78, 5) is 4.05. The normalized spacial score (nSPS) is 12.1. The van der Waals surface area contributed by atoms with Crippen LogP contribution in [-0.2, 0) is 16.2 Å². The Balaban J connectivity index is 1.72. The molecule has 0 atom stereocenters. The minimum atomic E-state index is -4.59. The number of alkyl halides is 3. The predicted octanol–water partition coefficient (Wildman–Crippen LogP) is 4.74. The molecule has 3 aromatic carbocycles. The Labute approximate surface area is 175 Å². The van der Waals surface area contributed by atoms with Crippen molar-refractivity contribution in [3.8, 4) is 34.0 Å². The summed E-state index contributed by atoms with van der Waals surface area (Å²) in [7, 11) is -3.86. The number of primary sulfonamides is 1. The Morgan fingerprint density at radius 1 is 0.839 bits per heavy atom. The lowest BCUT2D eigenvalue weighted by atomic mass is 9.97. The molecule has 0 aliphatic carbocycles. The van der Waals surface area contributed by atoms with Gasteiger partial charge in [0.1, 0.15) is 0 Å². The van der Waals surface area contributed by atoms with Gasteiger partial charge in [-0.25, -0.2) is 13.6 Å². The minimum absolute atomic E-state index is 0.0247. The SMILES string of the molecule is NS(=O)(=O)c1ccc(-c2nc(-c3ccc(-c4ccccc4)c(C(F)(F)F)c3)no2)cc1. The van der Waals surface area contributed by atoms with Crippen LogP contribution in [0.1, 0.15) is 5.56 Å². The summed E-state index contributed by atoms with van der Waals surface area (Å²) in [5, 5.41) is 8.82. The molecule has 0 aliphatic rings. The molecule has 0 bridgehead atoms. The molecule has 10 heteroatoms. The zero-order valence-electron chi connectivity index (χ0n) is 15.7. The van der Waals surface area contributed by atoms with Gasteiger partial charge in [-0.1, -0.05) is 47.6 Å². The Hall–Kier alpha value is -3.50. The van der Waals surface area contributed by atoms with E-state index in [2.05, 4.69) is 10.1 Å². The van der Waals surface area contributed by atoms with E-state index >= 15 is 0 Å². The van der Waals surface area contributed by atoms with Crippen molar-refractivity contribution in [3.63, 3.8) is 0 Å². The van der Waals surface area contributed by atoms with Crippen molar-refractivity contribution in [1.82, 2.24) is 10.1 Å². The van der Waals surface area contributed by atoms with Crippen molar-refractivity contribution in [1.29, 1.82) is 0 Å². The van der Waals surface area contributed by atoms with Crippen LogP contribution in [0.3, 0.4) is 0 Å². The number of benzene rings is 3. The van der Waals surface area contributed by atoms with Crippen molar-refractivity contribution in [2.45, 2.75) is 11.1 Å². The van der Waals surface area contributed by atoms with Crippen LogP contribution in [-0.4, -0.2) is 18.6 Å². The van der Waals surface area contributed by atoms with Gasteiger partial charge in [0.2, 0.25) is 15.8 Å². The van der Waals surface area contributed by atoms with Gasteiger partial charge in [0.15, 0.2) is 0 Å². The van der Waals surface area contributed by atoms with Gasteiger partial charge in [0, 0.05) is 11.1 Å². The number of aromatic nitrogens is 2. The second-order valence-electron chi connectivity index (χ2n) is 6.62. The van der Waals surface area contributed by atoms with Crippen LogP contribution < -0.4 is 5.14 Å². The number of rotatable bonds is 4. The summed E-state index contributed by atoms with van der Waals surface area (Å²) in [6, 6.07) is 17.4. The van der Waals surface area contributed by atoms with E-state index in [1.54, 1.807) is 30.3 Å². The maximum absolute atomic E-state index is 13.7. The number of halogens is 3. The average Bonchev–Trinajstić information content (AvgIpc) is 3.23. The van der Waals surface area contributed by atoms with E-state index in [-0.39, 0.29) is 27.7 Å². The molecule has 1 heterocycles. The Bertz CT molecular complexity index is 1330. The monoisotopic (exact) mass is 445 g/mol. The maximum Gasteiger partial charge on any atom is 0.417 e. The first kappa shape index (κ1) is 20.8. The number of hydrogen-bond acceptors (Lipinski definition) is 5. The predicted molar refractivity (Wildman–Crippen MR) is 107 cm³/mol. The van der Waals surface area contributed by atoms with Gasteiger partial charge in [0.25, 0.3) is 5.89 Å². The third-order valence-corrected chi connectivity index (χ3v) is 5.45. The van der Waals surface area contributed by atoms with Crippen molar-refractivity contribution < 1.29 is 26.1 Å². The van der Waals surface area contributed by atoms with E-state index in [9.17, 15) is 21.6 Å². The maximum atomic E-state index is 13.7. The topological polar surface area (TPSA) is 99.1 Å². The third kappa shape index (κ3) is 4.35. The van der Waals surface area contributed by atoms with Crippen LogP contribution in [0.2, 0.25) is 0 Å². The van der Waals surface area contributed by atoms with Crippen LogP contribution in [0, 0.1) is 0 Å². The van der Waals surface area contributed by atoms with Crippen molar-refractivity contribution in [2.75, 3.05) is 0 Å². The van der Waals surface area contributed by atoms with E-state index in [1.807, 2.05) is 0 Å². The van der Waals surface area contributed by atoms with Gasteiger partial charge in [-0.05, 0) is 41.5 Å². The molecular weight excluding hydrogens is 431 g/mol. The summed E-state index contributed by atoms with van der Waals surface area (Å²) in [5.74, 6) is -0.00713. The first-order valence-electron chi connectivity index (χ1n) is 8.87. The van der Waals surface area contributed by atoms with Crippen LogP contribution in [0.25, 0.3) is 34.0 Å². The third-order valence-electron chi connectivity index (χ3n) is 4.52. The molecule has 4 aromatic rings. The average molecular weight is 445 g/mol. The summed E-state index contributed by atoms with van der Waals surface area (Å²) in [5.41, 5.74) is 0.176. The molecule has 0 radical (unpaired) electrons. The lowest BCUT2D eigenvalue weighted by Gasteiger charge is -2.14. The summed E-state index contributed by atoms with van der Waals surface area (Å²) in [6.07, 6.45) is -4.59. The van der Waals surface area contributed by atoms with E-state index in [4.69, 9.17) is 9.66 Å². The van der Waals surface area contributed by atoms with Gasteiger partial charge < -0.3 is 4.52 Å². The van der Waals surface area contributed by atoms with Gasteiger partial charge in [-0.3, -0.25) is 0 Å². The molecule has 0 saturated heterocycles. The number of nitrogens with zero attached hydrogens (tertiary/aromatic N) is 2. The first-order valence-corrected chi connectivity index (χ1v) is 10.4. The molecule has 4 rings (SSSR count). The van der Waals surface area contributed by atoms with E-state index in [1.165, 1.54) is 36.4 Å². The van der Waals surface area contributed by atoms with Gasteiger partial charge >= 0.3 is 6.18 Å². The fourth-order valence-corrected chi connectivity index (χ4v) is 3.55. The van der Waals surface area contributed by atoms with Crippen molar-refractivity contribution in [3.05, 3.63) is 78.4 Å². The number of nitrogens with two attached hydrogens (primary N) is 1. The molecular formula is C21H14F3N3O3S.